The first-order chi connectivity index (χ1) is 19.7. The molecular formula is C28H34N4O10. The number of aliphatic carboxylic acids is 4. The summed E-state index contributed by atoms with van der Waals surface area (Å²) >= 11 is 0. The van der Waals surface area contributed by atoms with Crippen LogP contribution in [0.15, 0.2) is 34.3 Å². The number of aryl methyl sites for hydroxylation is 2. The van der Waals surface area contributed by atoms with Crippen molar-refractivity contribution in [1.82, 2.24) is 9.80 Å². The molecule has 0 saturated carbocycles. The first-order valence-electron chi connectivity index (χ1n) is 12.7. The topological polar surface area (TPSA) is 221 Å². The van der Waals surface area contributed by atoms with Gasteiger partial charge in [-0.05, 0) is 37.1 Å². The Kier molecular flexibility index (Phi) is 12.6. The second-order valence-electron chi connectivity index (χ2n) is 9.66. The molecule has 14 heteroatoms. The minimum atomic E-state index is -1.20. The standard InChI is InChI=1S/C28H34N4O10/c1-17-5-19(27(41)21(7-17)11-31(13-23(33)34)14-24(35)36)9-29-3-4-30-10-20-6-18(2)8-22(28(20)42)12-32(15-25(37)38)16-26(39)40/h5-10,41-42H,3-4,11-16H2,1-2H3,(H,33,34)(H,35,36)(H,37,38)(H,39,40). The summed E-state index contributed by atoms with van der Waals surface area (Å²) in [5, 5.41) is 57.6. The number of benzene rings is 2. The van der Waals surface area contributed by atoms with Crippen LogP contribution in [0.4, 0.5) is 0 Å². The van der Waals surface area contributed by atoms with Gasteiger partial charge in [-0.3, -0.25) is 39.0 Å². The zero-order valence-electron chi connectivity index (χ0n) is 23.2. The molecule has 6 N–H and O–H groups in total. The van der Waals surface area contributed by atoms with Crippen molar-refractivity contribution in [2.45, 2.75) is 26.9 Å². The molecule has 0 aliphatic heterocycles. The van der Waals surface area contributed by atoms with Crippen LogP contribution in [0.25, 0.3) is 0 Å². The van der Waals surface area contributed by atoms with Crippen molar-refractivity contribution < 1.29 is 49.8 Å². The zero-order chi connectivity index (χ0) is 31.4. The SMILES string of the molecule is Cc1cc(C=NCCN=Cc2cc(C)cc(CN(CC(=O)O)CC(=O)O)c2O)c(O)c(CN(CC(=O)O)CC(=O)O)c1. The van der Waals surface area contributed by atoms with E-state index < -0.39 is 50.1 Å². The van der Waals surface area contributed by atoms with Crippen LogP contribution in [0.5, 0.6) is 11.5 Å². The van der Waals surface area contributed by atoms with Crippen molar-refractivity contribution in [3.8, 4) is 11.5 Å². The van der Waals surface area contributed by atoms with Gasteiger partial charge in [0.15, 0.2) is 0 Å². The van der Waals surface area contributed by atoms with E-state index in [-0.39, 0.29) is 37.7 Å². The average Bonchev–Trinajstić information content (AvgIpc) is 2.84. The van der Waals surface area contributed by atoms with E-state index in [4.69, 9.17) is 20.4 Å². The molecule has 0 unspecified atom stereocenters. The minimum absolute atomic E-state index is 0.0937. The molecule has 14 nitrogen and oxygen atoms in total. The fourth-order valence-corrected chi connectivity index (χ4v) is 4.23. The van der Waals surface area contributed by atoms with Crippen LogP contribution in [-0.2, 0) is 32.3 Å². The summed E-state index contributed by atoms with van der Waals surface area (Å²) in [6, 6.07) is 6.63. The van der Waals surface area contributed by atoms with E-state index in [0.717, 1.165) is 11.1 Å². The van der Waals surface area contributed by atoms with Gasteiger partial charge in [-0.25, -0.2) is 0 Å². The van der Waals surface area contributed by atoms with Crippen LogP contribution in [-0.4, -0.2) is 116 Å². The summed E-state index contributed by atoms with van der Waals surface area (Å²) in [6.07, 6.45) is 2.86. The lowest BCUT2D eigenvalue weighted by Gasteiger charge is -2.19. The summed E-state index contributed by atoms with van der Waals surface area (Å²) in [6.45, 7) is 1.74. The Balaban J connectivity index is 2.10. The zero-order valence-corrected chi connectivity index (χ0v) is 23.2. The van der Waals surface area contributed by atoms with E-state index in [1.165, 1.54) is 22.2 Å². The molecule has 0 heterocycles. The number of aromatic hydroxyl groups is 2. The van der Waals surface area contributed by atoms with Gasteiger partial charge < -0.3 is 30.6 Å². The Hall–Kier alpha value is -4.82. The van der Waals surface area contributed by atoms with Crippen molar-refractivity contribution in [1.29, 1.82) is 0 Å². The van der Waals surface area contributed by atoms with E-state index in [2.05, 4.69) is 9.98 Å². The number of nitrogens with zero attached hydrogens (tertiary/aromatic N) is 4. The Bertz CT molecular complexity index is 1240. The van der Waals surface area contributed by atoms with Crippen molar-refractivity contribution in [2.75, 3.05) is 39.3 Å². The number of phenolic OH excluding ortho intramolecular Hbond substituents is 2. The number of aliphatic imine (C=N–C) groups is 2. The van der Waals surface area contributed by atoms with Crippen LogP contribution < -0.4 is 0 Å². The lowest BCUT2D eigenvalue weighted by molar-refractivity contribution is -0.144. The lowest BCUT2D eigenvalue weighted by Crippen LogP contribution is -2.34. The van der Waals surface area contributed by atoms with E-state index in [1.54, 1.807) is 38.1 Å². The van der Waals surface area contributed by atoms with Crippen molar-refractivity contribution in [2.24, 2.45) is 9.98 Å². The summed E-state index contributed by atoms with van der Waals surface area (Å²) < 4.78 is 0. The van der Waals surface area contributed by atoms with Crippen molar-refractivity contribution in [3.63, 3.8) is 0 Å². The van der Waals surface area contributed by atoms with Gasteiger partial charge in [0.25, 0.3) is 0 Å². The number of carbonyl (C=O) groups is 4. The fourth-order valence-electron chi connectivity index (χ4n) is 4.23. The molecule has 0 atom stereocenters. The van der Waals surface area contributed by atoms with E-state index in [0.29, 0.717) is 22.3 Å². The largest absolute Gasteiger partial charge is 0.507 e. The number of hydrogen-bond donors (Lipinski definition) is 6. The molecule has 0 bridgehead atoms. The minimum Gasteiger partial charge on any atom is -0.507 e. The van der Waals surface area contributed by atoms with Gasteiger partial charge in [-0.2, -0.15) is 0 Å². The highest BCUT2D eigenvalue weighted by atomic mass is 16.4. The summed E-state index contributed by atoms with van der Waals surface area (Å²) in [5.74, 6) is -5.08. The van der Waals surface area contributed by atoms with Gasteiger partial charge in [0.1, 0.15) is 11.5 Å². The maximum atomic E-state index is 11.1. The van der Waals surface area contributed by atoms with Crippen LogP contribution in [0.1, 0.15) is 33.4 Å². The highest BCUT2D eigenvalue weighted by Crippen LogP contribution is 2.26. The maximum absolute atomic E-state index is 11.1. The Morgan fingerprint density at radius 2 is 0.929 bits per heavy atom. The number of carboxylic acids is 4. The predicted octanol–water partition coefficient (Wildman–Crippen LogP) is 1.20. The summed E-state index contributed by atoms with van der Waals surface area (Å²) in [7, 11) is 0. The molecule has 42 heavy (non-hydrogen) atoms. The average molecular weight is 587 g/mol. The monoisotopic (exact) mass is 586 g/mol. The maximum Gasteiger partial charge on any atom is 0.317 e. The second kappa shape index (κ2) is 15.8. The Morgan fingerprint density at radius 1 is 0.619 bits per heavy atom. The molecule has 0 saturated heterocycles. The quantitative estimate of drug-likeness (QED) is 0.114. The first-order valence-corrected chi connectivity index (χ1v) is 12.7. The molecule has 0 amide bonds. The first kappa shape index (κ1) is 33.4. The number of hydrogen-bond acceptors (Lipinski definition) is 10. The third-order valence-electron chi connectivity index (χ3n) is 5.77. The van der Waals surface area contributed by atoms with E-state index in [9.17, 15) is 29.4 Å². The molecule has 0 aliphatic carbocycles. The Labute approximate surface area is 241 Å². The van der Waals surface area contributed by atoms with E-state index in [1.807, 2.05) is 0 Å². The van der Waals surface area contributed by atoms with Gasteiger partial charge in [0.2, 0.25) is 0 Å². The molecule has 0 spiro atoms. The smallest absolute Gasteiger partial charge is 0.317 e. The molecular weight excluding hydrogens is 552 g/mol. The molecule has 0 radical (unpaired) electrons. The van der Waals surface area contributed by atoms with Crippen LogP contribution in [0.2, 0.25) is 0 Å². The van der Waals surface area contributed by atoms with Gasteiger partial charge in [-0.15, -0.1) is 0 Å². The predicted molar refractivity (Wildman–Crippen MR) is 152 cm³/mol. The van der Waals surface area contributed by atoms with Crippen LogP contribution in [0, 0.1) is 13.8 Å². The number of carboxylic acid groups (broad SMARTS) is 4. The number of phenols is 2. The summed E-state index contributed by atoms with van der Waals surface area (Å²) in [4.78, 5) is 55.3. The highest BCUT2D eigenvalue weighted by molar-refractivity contribution is 5.85. The molecule has 0 fully saturated rings. The fraction of sp³-hybridized carbons (Fsp3) is 0.357. The molecule has 2 aromatic carbocycles. The van der Waals surface area contributed by atoms with Gasteiger partial charge >= 0.3 is 23.9 Å². The van der Waals surface area contributed by atoms with Crippen molar-refractivity contribution in [3.05, 3.63) is 57.6 Å². The van der Waals surface area contributed by atoms with Crippen molar-refractivity contribution >= 4 is 36.3 Å². The molecule has 0 aromatic heterocycles. The number of rotatable bonds is 17. The third kappa shape index (κ3) is 11.3. The molecule has 0 aliphatic rings. The molecule has 226 valence electrons. The van der Waals surface area contributed by atoms with Gasteiger partial charge in [0.05, 0.1) is 39.3 Å². The van der Waals surface area contributed by atoms with Gasteiger partial charge in [0, 0.05) is 47.8 Å². The van der Waals surface area contributed by atoms with E-state index >= 15 is 0 Å². The third-order valence-corrected chi connectivity index (χ3v) is 5.77. The van der Waals surface area contributed by atoms with Crippen LogP contribution in [0.3, 0.4) is 0 Å². The molecule has 2 aromatic rings. The summed E-state index contributed by atoms with van der Waals surface area (Å²) in [5.41, 5.74) is 2.95. The second-order valence-corrected chi connectivity index (χ2v) is 9.66. The van der Waals surface area contributed by atoms with Crippen LogP contribution >= 0.6 is 0 Å². The lowest BCUT2D eigenvalue weighted by atomic mass is 10.0. The normalized spacial score (nSPS) is 11.6. The molecule has 2 rings (SSSR count). The van der Waals surface area contributed by atoms with Gasteiger partial charge in [-0.1, -0.05) is 12.1 Å². The Morgan fingerprint density at radius 3 is 1.21 bits per heavy atom. The highest BCUT2D eigenvalue weighted by Gasteiger charge is 2.18.